The molecular formula is C14H16N4O4S. The molecule has 0 radical (unpaired) electrons. The highest BCUT2D eigenvalue weighted by atomic mass is 32.2. The highest BCUT2D eigenvalue weighted by Crippen LogP contribution is 2.15. The number of nitrogens with one attached hydrogen (secondary N) is 2. The summed E-state index contributed by atoms with van der Waals surface area (Å²) in [7, 11) is -2.96. The molecule has 3 heterocycles. The summed E-state index contributed by atoms with van der Waals surface area (Å²) in [6.45, 7) is 0.284. The van der Waals surface area contributed by atoms with Crippen LogP contribution in [0.1, 0.15) is 22.5 Å². The lowest BCUT2D eigenvalue weighted by Crippen LogP contribution is -2.24. The Morgan fingerprint density at radius 2 is 2.13 bits per heavy atom. The smallest absolute Gasteiger partial charge is 0.254 e. The van der Waals surface area contributed by atoms with Gasteiger partial charge in [-0.2, -0.15) is 0 Å². The highest BCUT2D eigenvalue weighted by molar-refractivity contribution is 7.91. The molecule has 8 nitrogen and oxygen atoms in total. The Hall–Kier alpha value is -2.42. The van der Waals surface area contributed by atoms with Crippen molar-refractivity contribution in [2.24, 2.45) is 0 Å². The Labute approximate surface area is 133 Å². The molecular weight excluding hydrogens is 320 g/mol. The largest absolute Gasteiger partial charge is 0.467 e. The van der Waals surface area contributed by atoms with E-state index in [9.17, 15) is 13.2 Å². The van der Waals surface area contributed by atoms with Crippen LogP contribution in [0.5, 0.6) is 0 Å². The van der Waals surface area contributed by atoms with Crippen molar-refractivity contribution in [3.8, 4) is 0 Å². The Morgan fingerprint density at radius 3 is 2.74 bits per heavy atom. The molecule has 1 amide bonds. The van der Waals surface area contributed by atoms with Crippen LogP contribution < -0.4 is 10.6 Å². The lowest BCUT2D eigenvalue weighted by atomic mass is 10.3. The SMILES string of the molecule is O=C(NCc1ccco1)c1cnc(NC2CCS(=O)(=O)C2)nc1. The van der Waals surface area contributed by atoms with E-state index in [0.29, 0.717) is 23.7 Å². The molecule has 0 saturated carbocycles. The minimum atomic E-state index is -2.96. The zero-order valence-electron chi connectivity index (χ0n) is 12.2. The van der Waals surface area contributed by atoms with Gasteiger partial charge in [-0.15, -0.1) is 0 Å². The second-order valence-corrected chi connectivity index (χ2v) is 7.53. The van der Waals surface area contributed by atoms with E-state index in [0.717, 1.165) is 0 Å². The fourth-order valence-corrected chi connectivity index (χ4v) is 3.97. The molecule has 0 bridgehead atoms. The number of carbonyl (C=O) groups is 1. The quantitative estimate of drug-likeness (QED) is 0.821. The molecule has 1 atom stereocenters. The molecule has 0 aromatic carbocycles. The second-order valence-electron chi connectivity index (χ2n) is 5.30. The van der Waals surface area contributed by atoms with E-state index in [1.54, 1.807) is 12.1 Å². The first kappa shape index (κ1) is 15.5. The lowest BCUT2D eigenvalue weighted by Gasteiger charge is -2.10. The molecule has 2 aromatic rings. The standard InChI is InChI=1S/C14H16N4O4S/c19-13(15-8-12-2-1-4-22-12)10-6-16-14(17-7-10)18-11-3-5-23(20,21)9-11/h1-2,4,6-7,11H,3,5,8-9H2,(H,15,19)(H,16,17,18). The lowest BCUT2D eigenvalue weighted by molar-refractivity contribution is 0.0947. The molecule has 122 valence electrons. The van der Waals surface area contributed by atoms with Gasteiger partial charge in [0.25, 0.3) is 5.91 Å². The van der Waals surface area contributed by atoms with E-state index in [-0.39, 0.29) is 30.0 Å². The number of amides is 1. The summed E-state index contributed by atoms with van der Waals surface area (Å²) < 4.78 is 27.9. The fourth-order valence-electron chi connectivity index (χ4n) is 2.29. The highest BCUT2D eigenvalue weighted by Gasteiger charge is 2.28. The summed E-state index contributed by atoms with van der Waals surface area (Å²) in [6, 6.07) is 3.33. The van der Waals surface area contributed by atoms with E-state index < -0.39 is 9.84 Å². The molecule has 2 N–H and O–H groups in total. The predicted molar refractivity (Wildman–Crippen MR) is 82.6 cm³/mol. The van der Waals surface area contributed by atoms with Gasteiger partial charge in [0.05, 0.1) is 29.9 Å². The molecule has 1 unspecified atom stereocenters. The molecule has 1 aliphatic rings. The first-order valence-corrected chi connectivity index (χ1v) is 8.93. The van der Waals surface area contributed by atoms with Gasteiger partial charge in [-0.25, -0.2) is 18.4 Å². The van der Waals surface area contributed by atoms with Crippen molar-refractivity contribution in [2.45, 2.75) is 19.0 Å². The zero-order valence-corrected chi connectivity index (χ0v) is 13.0. The molecule has 9 heteroatoms. The monoisotopic (exact) mass is 336 g/mol. The van der Waals surface area contributed by atoms with E-state index in [1.165, 1.54) is 18.7 Å². The Morgan fingerprint density at radius 1 is 1.35 bits per heavy atom. The van der Waals surface area contributed by atoms with Crippen molar-refractivity contribution in [3.63, 3.8) is 0 Å². The Kier molecular flexibility index (Phi) is 4.28. The van der Waals surface area contributed by atoms with Crippen LogP contribution in [-0.2, 0) is 16.4 Å². The van der Waals surface area contributed by atoms with Gasteiger partial charge in [0.15, 0.2) is 9.84 Å². The minimum absolute atomic E-state index is 0.0851. The maximum Gasteiger partial charge on any atom is 0.254 e. The van der Waals surface area contributed by atoms with Crippen LogP contribution in [0.25, 0.3) is 0 Å². The summed E-state index contributed by atoms with van der Waals surface area (Å²) in [5, 5.41) is 5.66. The first-order chi connectivity index (χ1) is 11.0. The molecule has 3 rings (SSSR count). The van der Waals surface area contributed by atoms with E-state index in [4.69, 9.17) is 4.42 Å². The average Bonchev–Trinajstić information content (AvgIpc) is 3.15. The molecule has 23 heavy (non-hydrogen) atoms. The van der Waals surface area contributed by atoms with Gasteiger partial charge in [0.2, 0.25) is 5.95 Å². The van der Waals surface area contributed by atoms with Gasteiger partial charge in [0.1, 0.15) is 5.76 Å². The second kappa shape index (κ2) is 6.37. The summed E-state index contributed by atoms with van der Waals surface area (Å²) >= 11 is 0. The zero-order chi connectivity index (χ0) is 16.3. The number of anilines is 1. The number of rotatable bonds is 5. The van der Waals surface area contributed by atoms with Crippen molar-refractivity contribution in [2.75, 3.05) is 16.8 Å². The maximum absolute atomic E-state index is 11.9. The topological polar surface area (TPSA) is 114 Å². The van der Waals surface area contributed by atoms with Crippen molar-refractivity contribution >= 4 is 21.7 Å². The van der Waals surface area contributed by atoms with Gasteiger partial charge >= 0.3 is 0 Å². The van der Waals surface area contributed by atoms with Crippen LogP contribution in [-0.4, -0.2) is 41.8 Å². The third-order valence-electron chi connectivity index (χ3n) is 3.48. The van der Waals surface area contributed by atoms with Gasteiger partial charge in [-0.05, 0) is 18.6 Å². The molecule has 1 saturated heterocycles. The number of hydrogen-bond acceptors (Lipinski definition) is 7. The minimum Gasteiger partial charge on any atom is -0.467 e. The van der Waals surface area contributed by atoms with E-state index >= 15 is 0 Å². The summed E-state index contributed by atoms with van der Waals surface area (Å²) in [4.78, 5) is 20.1. The van der Waals surface area contributed by atoms with Crippen LogP contribution in [0, 0.1) is 0 Å². The fraction of sp³-hybridized carbons (Fsp3) is 0.357. The number of sulfone groups is 1. The summed E-state index contributed by atoms with van der Waals surface area (Å²) in [5.41, 5.74) is 0.321. The molecule has 0 aliphatic carbocycles. The van der Waals surface area contributed by atoms with E-state index in [2.05, 4.69) is 20.6 Å². The number of hydrogen-bond donors (Lipinski definition) is 2. The van der Waals surface area contributed by atoms with Crippen LogP contribution in [0.3, 0.4) is 0 Å². The Balaban J connectivity index is 1.55. The molecule has 1 aliphatic heterocycles. The molecule has 0 spiro atoms. The predicted octanol–water partition coefficient (Wildman–Crippen LogP) is 0.599. The van der Waals surface area contributed by atoms with Crippen molar-refractivity contribution < 1.29 is 17.6 Å². The summed E-state index contributed by atoms with van der Waals surface area (Å²) in [5.74, 6) is 0.922. The van der Waals surface area contributed by atoms with Gasteiger partial charge < -0.3 is 15.1 Å². The Bertz CT molecular complexity index is 772. The summed E-state index contributed by atoms with van der Waals surface area (Å²) in [6.07, 6.45) is 4.87. The molecule has 2 aromatic heterocycles. The van der Waals surface area contributed by atoms with Crippen molar-refractivity contribution in [1.29, 1.82) is 0 Å². The van der Waals surface area contributed by atoms with Crippen LogP contribution in [0.4, 0.5) is 5.95 Å². The average molecular weight is 336 g/mol. The first-order valence-electron chi connectivity index (χ1n) is 7.11. The molecule has 1 fully saturated rings. The number of nitrogens with zero attached hydrogens (tertiary/aromatic N) is 2. The van der Waals surface area contributed by atoms with Gasteiger partial charge in [-0.3, -0.25) is 4.79 Å². The normalized spacial score (nSPS) is 19.4. The van der Waals surface area contributed by atoms with Crippen LogP contribution in [0.15, 0.2) is 35.2 Å². The third-order valence-corrected chi connectivity index (χ3v) is 5.25. The van der Waals surface area contributed by atoms with Crippen molar-refractivity contribution in [3.05, 3.63) is 42.1 Å². The number of furan rings is 1. The van der Waals surface area contributed by atoms with Crippen molar-refractivity contribution in [1.82, 2.24) is 15.3 Å². The third kappa shape index (κ3) is 4.07. The van der Waals surface area contributed by atoms with Gasteiger partial charge in [0, 0.05) is 18.4 Å². The van der Waals surface area contributed by atoms with E-state index in [1.807, 2.05) is 0 Å². The van der Waals surface area contributed by atoms with Crippen LogP contribution in [0.2, 0.25) is 0 Å². The van der Waals surface area contributed by atoms with Crippen LogP contribution >= 0.6 is 0 Å². The number of aromatic nitrogens is 2. The van der Waals surface area contributed by atoms with Gasteiger partial charge in [-0.1, -0.05) is 0 Å². The number of carbonyl (C=O) groups excluding carboxylic acids is 1. The maximum atomic E-state index is 11.9.